The molecule has 0 N–H and O–H groups in total. The van der Waals surface area contributed by atoms with E-state index < -0.39 is 16.1 Å². The molecule has 3 heterocycles. The maximum absolute atomic E-state index is 14.0. The highest BCUT2D eigenvalue weighted by Gasteiger charge is 2.42. The number of halogens is 1. The molecule has 1 saturated heterocycles. The van der Waals surface area contributed by atoms with Crippen molar-refractivity contribution in [2.75, 3.05) is 11.4 Å². The summed E-state index contributed by atoms with van der Waals surface area (Å²) >= 11 is 8.45. The van der Waals surface area contributed by atoms with Gasteiger partial charge in [-0.05, 0) is 49.1 Å². The lowest BCUT2D eigenvalue weighted by atomic mass is 10.1. The minimum absolute atomic E-state index is 0.155. The smallest absolute Gasteiger partial charge is 0.253 e. The van der Waals surface area contributed by atoms with Crippen LogP contribution in [-0.4, -0.2) is 36.2 Å². The molecule has 1 atom stereocenters. The van der Waals surface area contributed by atoms with Gasteiger partial charge >= 0.3 is 0 Å². The Morgan fingerprint density at radius 1 is 1.12 bits per heavy atom. The SMILES string of the molecule is Cc1cccc2sc(N(Cc3ccccc3)C(=O)C3CCCN3S(=O)(=O)c3ccc(Cl)s3)nc12. The van der Waals surface area contributed by atoms with E-state index >= 15 is 0 Å². The maximum Gasteiger partial charge on any atom is 0.253 e. The molecule has 5 rings (SSSR count). The Balaban J connectivity index is 1.53. The number of thiophene rings is 1. The lowest BCUT2D eigenvalue weighted by Crippen LogP contribution is -2.47. The average molecular weight is 532 g/mol. The second-order valence-electron chi connectivity index (χ2n) is 8.16. The van der Waals surface area contributed by atoms with Crippen LogP contribution in [0.1, 0.15) is 24.0 Å². The van der Waals surface area contributed by atoms with Gasteiger partial charge in [0.05, 0.1) is 21.1 Å². The van der Waals surface area contributed by atoms with Gasteiger partial charge in [0.1, 0.15) is 10.3 Å². The van der Waals surface area contributed by atoms with Crippen molar-refractivity contribution in [3.63, 3.8) is 0 Å². The van der Waals surface area contributed by atoms with Crippen LogP contribution in [-0.2, 0) is 21.4 Å². The lowest BCUT2D eigenvalue weighted by Gasteiger charge is -2.28. The van der Waals surface area contributed by atoms with Crippen LogP contribution in [0.2, 0.25) is 4.34 Å². The first-order valence-electron chi connectivity index (χ1n) is 10.8. The number of rotatable bonds is 6. The quantitative estimate of drug-likeness (QED) is 0.320. The standard InChI is InChI=1S/C24H22ClN3O3S3/c1-16-7-5-11-19-22(16)26-24(32-19)27(15-17-8-3-2-4-9-17)23(29)18-10-6-14-28(18)34(30,31)21-13-12-20(25)33-21/h2-5,7-9,11-13,18H,6,10,14-15H2,1H3. The van der Waals surface area contributed by atoms with Crippen molar-refractivity contribution >= 4 is 65.6 Å². The average Bonchev–Trinajstić information content (AvgIpc) is 3.57. The number of fused-ring (bicyclic) bond motifs is 1. The number of hydrogen-bond donors (Lipinski definition) is 0. The number of para-hydroxylation sites is 1. The molecule has 0 bridgehead atoms. The summed E-state index contributed by atoms with van der Waals surface area (Å²) in [4.78, 5) is 20.4. The number of aryl methyl sites for hydroxylation is 1. The third kappa shape index (κ3) is 4.38. The van der Waals surface area contributed by atoms with E-state index in [1.807, 2.05) is 55.5 Å². The molecule has 1 unspecified atom stereocenters. The number of carbonyl (C=O) groups excluding carboxylic acids is 1. The van der Waals surface area contributed by atoms with Crippen molar-refractivity contribution in [1.82, 2.24) is 9.29 Å². The molecule has 0 aliphatic carbocycles. The number of nitrogens with zero attached hydrogens (tertiary/aromatic N) is 3. The third-order valence-electron chi connectivity index (χ3n) is 5.89. The van der Waals surface area contributed by atoms with E-state index in [1.165, 1.54) is 21.7 Å². The molecule has 10 heteroatoms. The van der Waals surface area contributed by atoms with E-state index in [-0.39, 0.29) is 10.1 Å². The Morgan fingerprint density at radius 2 is 1.91 bits per heavy atom. The number of hydrogen-bond acceptors (Lipinski definition) is 6. The number of thiazole rings is 1. The summed E-state index contributed by atoms with van der Waals surface area (Å²) in [6.07, 6.45) is 1.08. The highest BCUT2D eigenvalue weighted by atomic mass is 35.5. The van der Waals surface area contributed by atoms with Crippen LogP contribution in [0.4, 0.5) is 5.13 Å². The van der Waals surface area contributed by atoms with E-state index in [0.717, 1.165) is 32.7 Å². The summed E-state index contributed by atoms with van der Waals surface area (Å²) < 4.78 is 29.6. The van der Waals surface area contributed by atoms with Gasteiger partial charge in [-0.1, -0.05) is 65.4 Å². The zero-order chi connectivity index (χ0) is 23.9. The number of benzene rings is 2. The van der Waals surface area contributed by atoms with Crippen molar-refractivity contribution in [2.45, 2.75) is 36.6 Å². The molecule has 6 nitrogen and oxygen atoms in total. The first kappa shape index (κ1) is 23.4. The number of sulfonamides is 1. The second-order valence-corrected chi connectivity index (χ2v) is 13.0. The predicted molar refractivity (Wildman–Crippen MR) is 138 cm³/mol. The number of aromatic nitrogens is 1. The zero-order valence-corrected chi connectivity index (χ0v) is 21.6. The predicted octanol–water partition coefficient (Wildman–Crippen LogP) is 5.71. The summed E-state index contributed by atoms with van der Waals surface area (Å²) in [5.41, 5.74) is 2.84. The summed E-state index contributed by atoms with van der Waals surface area (Å²) in [6, 6.07) is 17.9. The highest BCUT2D eigenvalue weighted by molar-refractivity contribution is 7.91. The van der Waals surface area contributed by atoms with Crippen molar-refractivity contribution in [3.8, 4) is 0 Å². The Hall–Kier alpha value is -2.30. The summed E-state index contributed by atoms with van der Waals surface area (Å²) in [5, 5.41) is 0.571. The topological polar surface area (TPSA) is 70.6 Å². The molecular formula is C24H22ClN3O3S3. The molecule has 1 amide bonds. The monoisotopic (exact) mass is 531 g/mol. The van der Waals surface area contributed by atoms with Gasteiger partial charge in [-0.2, -0.15) is 4.31 Å². The van der Waals surface area contributed by atoms with Crippen LogP contribution in [0, 0.1) is 6.92 Å². The zero-order valence-electron chi connectivity index (χ0n) is 18.3. The molecule has 0 radical (unpaired) electrons. The molecule has 176 valence electrons. The van der Waals surface area contributed by atoms with Gasteiger partial charge in [0, 0.05) is 6.54 Å². The fraction of sp³-hybridized carbons (Fsp3) is 0.250. The molecule has 1 aliphatic rings. The van der Waals surface area contributed by atoms with Crippen molar-refractivity contribution < 1.29 is 13.2 Å². The Labute approximate surface area is 211 Å². The van der Waals surface area contributed by atoms with Crippen molar-refractivity contribution in [3.05, 3.63) is 76.1 Å². The molecule has 2 aromatic heterocycles. The van der Waals surface area contributed by atoms with Crippen LogP contribution >= 0.6 is 34.3 Å². The maximum atomic E-state index is 14.0. The molecule has 0 saturated carbocycles. The van der Waals surface area contributed by atoms with Crippen LogP contribution in [0.15, 0.2) is 64.9 Å². The number of anilines is 1. The van der Waals surface area contributed by atoms with Crippen LogP contribution in [0.3, 0.4) is 0 Å². The van der Waals surface area contributed by atoms with Crippen molar-refractivity contribution in [1.29, 1.82) is 0 Å². The largest absolute Gasteiger partial charge is 0.282 e. The summed E-state index contributed by atoms with van der Waals surface area (Å²) in [5.74, 6) is -0.260. The Morgan fingerprint density at radius 3 is 2.62 bits per heavy atom. The Bertz CT molecular complexity index is 1450. The van der Waals surface area contributed by atoms with Gasteiger partial charge in [-0.3, -0.25) is 9.69 Å². The minimum Gasteiger partial charge on any atom is -0.282 e. The molecule has 4 aromatic rings. The van der Waals surface area contributed by atoms with Crippen molar-refractivity contribution in [2.24, 2.45) is 0 Å². The van der Waals surface area contributed by atoms with Gasteiger partial charge < -0.3 is 0 Å². The van der Waals surface area contributed by atoms with Gasteiger partial charge in [-0.25, -0.2) is 13.4 Å². The first-order chi connectivity index (χ1) is 16.3. The van der Waals surface area contributed by atoms with Crippen LogP contribution in [0.25, 0.3) is 10.2 Å². The van der Waals surface area contributed by atoms with Gasteiger partial charge in [-0.15, -0.1) is 11.3 Å². The van der Waals surface area contributed by atoms with E-state index in [0.29, 0.717) is 35.4 Å². The summed E-state index contributed by atoms with van der Waals surface area (Å²) in [7, 11) is -3.83. The van der Waals surface area contributed by atoms with E-state index in [4.69, 9.17) is 16.6 Å². The van der Waals surface area contributed by atoms with E-state index in [1.54, 1.807) is 11.0 Å². The van der Waals surface area contributed by atoms with Gasteiger partial charge in [0.15, 0.2) is 5.13 Å². The molecular weight excluding hydrogens is 510 g/mol. The van der Waals surface area contributed by atoms with Gasteiger partial charge in [0.25, 0.3) is 10.0 Å². The molecule has 2 aromatic carbocycles. The Kier molecular flexibility index (Phi) is 6.47. The minimum atomic E-state index is -3.83. The number of carbonyl (C=O) groups is 1. The molecule has 1 fully saturated rings. The fourth-order valence-electron chi connectivity index (χ4n) is 4.20. The van der Waals surface area contributed by atoms with Crippen LogP contribution < -0.4 is 4.90 Å². The summed E-state index contributed by atoms with van der Waals surface area (Å²) in [6.45, 7) is 2.60. The number of amides is 1. The third-order valence-corrected chi connectivity index (χ3v) is 10.5. The van der Waals surface area contributed by atoms with E-state index in [2.05, 4.69) is 0 Å². The molecule has 0 spiro atoms. The lowest BCUT2D eigenvalue weighted by molar-refractivity contribution is -0.121. The molecule has 34 heavy (non-hydrogen) atoms. The van der Waals surface area contributed by atoms with E-state index in [9.17, 15) is 13.2 Å². The highest BCUT2D eigenvalue weighted by Crippen LogP contribution is 2.36. The molecule has 1 aliphatic heterocycles. The fourth-order valence-corrected chi connectivity index (χ4v) is 8.51. The normalized spacial score (nSPS) is 16.8. The first-order valence-corrected chi connectivity index (χ1v) is 14.3. The second kappa shape index (κ2) is 9.39. The van der Waals surface area contributed by atoms with Crippen LogP contribution in [0.5, 0.6) is 0 Å². The van der Waals surface area contributed by atoms with Gasteiger partial charge in [0.2, 0.25) is 5.91 Å².